The van der Waals surface area contributed by atoms with Crippen molar-refractivity contribution in [1.82, 2.24) is 14.2 Å². The predicted molar refractivity (Wildman–Crippen MR) is 142 cm³/mol. The SMILES string of the molecule is COc1cc(C)c(SN(C)CCC(=O)Nc2cnc(N3CCC(N(C)C)CC3)c(C#N)c2)c(C)c1. The molecule has 1 aliphatic heterocycles. The van der Waals surface area contributed by atoms with E-state index in [2.05, 4.69) is 58.4 Å². The Morgan fingerprint density at radius 3 is 2.46 bits per heavy atom. The Labute approximate surface area is 213 Å². The number of hydrogen-bond acceptors (Lipinski definition) is 8. The van der Waals surface area contributed by atoms with Crippen LogP contribution in [0.4, 0.5) is 11.5 Å². The highest BCUT2D eigenvalue weighted by atomic mass is 32.2. The minimum atomic E-state index is -0.106. The minimum Gasteiger partial charge on any atom is -0.497 e. The van der Waals surface area contributed by atoms with Gasteiger partial charge in [-0.25, -0.2) is 9.29 Å². The molecule has 2 aromatic rings. The Balaban J connectivity index is 1.54. The lowest BCUT2D eigenvalue weighted by atomic mass is 10.0. The number of carbonyl (C=O) groups is 1. The number of hydrogen-bond donors (Lipinski definition) is 1. The first-order chi connectivity index (χ1) is 16.7. The van der Waals surface area contributed by atoms with Crippen molar-refractivity contribution >= 4 is 29.4 Å². The molecule has 1 N–H and O–H groups in total. The van der Waals surface area contributed by atoms with Crippen molar-refractivity contribution in [2.24, 2.45) is 0 Å². The highest BCUT2D eigenvalue weighted by Crippen LogP contribution is 2.32. The molecule has 0 spiro atoms. The first-order valence-corrected chi connectivity index (χ1v) is 12.6. The molecule has 8 nitrogen and oxygen atoms in total. The number of amides is 1. The van der Waals surface area contributed by atoms with Crippen molar-refractivity contribution < 1.29 is 9.53 Å². The van der Waals surface area contributed by atoms with Crippen LogP contribution in [0.25, 0.3) is 0 Å². The number of piperidine rings is 1. The van der Waals surface area contributed by atoms with Gasteiger partial charge in [-0.2, -0.15) is 5.26 Å². The van der Waals surface area contributed by atoms with Crippen LogP contribution in [0.1, 0.15) is 36.0 Å². The van der Waals surface area contributed by atoms with Crippen molar-refractivity contribution in [3.63, 3.8) is 0 Å². The topological polar surface area (TPSA) is 84.7 Å². The summed E-state index contributed by atoms with van der Waals surface area (Å²) < 4.78 is 7.39. The third kappa shape index (κ3) is 7.10. The summed E-state index contributed by atoms with van der Waals surface area (Å²) in [6, 6.07) is 8.57. The summed E-state index contributed by atoms with van der Waals surface area (Å²) in [5.74, 6) is 1.44. The molecule has 0 aliphatic carbocycles. The zero-order valence-electron chi connectivity index (χ0n) is 21.6. The van der Waals surface area contributed by atoms with Gasteiger partial charge in [0.15, 0.2) is 0 Å². The van der Waals surface area contributed by atoms with Crippen LogP contribution in [0.2, 0.25) is 0 Å². The number of ether oxygens (including phenoxy) is 1. The zero-order chi connectivity index (χ0) is 25.5. The molecule has 1 amide bonds. The van der Waals surface area contributed by atoms with E-state index in [1.54, 1.807) is 31.3 Å². The predicted octanol–water partition coefficient (Wildman–Crippen LogP) is 4.08. The lowest BCUT2D eigenvalue weighted by molar-refractivity contribution is -0.116. The summed E-state index contributed by atoms with van der Waals surface area (Å²) >= 11 is 1.62. The molecule has 0 atom stereocenters. The molecule has 9 heteroatoms. The fourth-order valence-corrected chi connectivity index (χ4v) is 5.21. The van der Waals surface area contributed by atoms with Crippen LogP contribution in [0.3, 0.4) is 0 Å². The van der Waals surface area contributed by atoms with Gasteiger partial charge in [-0.15, -0.1) is 0 Å². The summed E-state index contributed by atoms with van der Waals surface area (Å²) in [6.45, 7) is 6.44. The third-order valence-corrected chi connectivity index (χ3v) is 7.66. The molecule has 1 aliphatic rings. The maximum Gasteiger partial charge on any atom is 0.225 e. The molecule has 1 aromatic carbocycles. The van der Waals surface area contributed by atoms with Gasteiger partial charge >= 0.3 is 0 Å². The van der Waals surface area contributed by atoms with Crippen LogP contribution in [0, 0.1) is 25.2 Å². The van der Waals surface area contributed by atoms with E-state index in [1.165, 1.54) is 4.90 Å². The second kappa shape index (κ2) is 12.2. The van der Waals surface area contributed by atoms with Gasteiger partial charge in [0.05, 0.1) is 24.6 Å². The molecule has 3 rings (SSSR count). The number of methoxy groups -OCH3 is 1. The quantitative estimate of drug-likeness (QED) is 0.520. The fourth-order valence-electron chi connectivity index (χ4n) is 4.31. The van der Waals surface area contributed by atoms with E-state index in [9.17, 15) is 10.1 Å². The van der Waals surface area contributed by atoms with Gasteiger partial charge in [0.1, 0.15) is 17.6 Å². The molecule has 0 radical (unpaired) electrons. The summed E-state index contributed by atoms with van der Waals surface area (Å²) in [5, 5.41) is 12.6. The van der Waals surface area contributed by atoms with E-state index in [0.29, 0.717) is 36.1 Å². The number of nitrogens with zero attached hydrogens (tertiary/aromatic N) is 5. The minimum absolute atomic E-state index is 0.106. The third-order valence-electron chi connectivity index (χ3n) is 6.34. The number of anilines is 2. The van der Waals surface area contributed by atoms with Gasteiger partial charge in [0.25, 0.3) is 0 Å². The van der Waals surface area contributed by atoms with Gasteiger partial charge in [-0.1, -0.05) is 0 Å². The maximum absolute atomic E-state index is 12.6. The van der Waals surface area contributed by atoms with E-state index in [4.69, 9.17) is 4.74 Å². The van der Waals surface area contributed by atoms with Crippen molar-refractivity contribution in [3.05, 3.63) is 41.1 Å². The van der Waals surface area contributed by atoms with Gasteiger partial charge in [0.2, 0.25) is 5.91 Å². The van der Waals surface area contributed by atoms with Gasteiger partial charge in [0, 0.05) is 37.0 Å². The summed E-state index contributed by atoms with van der Waals surface area (Å²) in [5.41, 5.74) is 3.33. The summed E-state index contributed by atoms with van der Waals surface area (Å²) in [7, 11) is 7.86. The number of aryl methyl sites for hydroxylation is 2. The van der Waals surface area contributed by atoms with Gasteiger partial charge in [-0.05, 0) is 89.1 Å². The van der Waals surface area contributed by atoms with Crippen molar-refractivity contribution in [2.45, 2.75) is 44.0 Å². The molecule has 2 heterocycles. The number of nitriles is 1. The number of benzene rings is 1. The normalized spacial score (nSPS) is 14.3. The lowest BCUT2D eigenvalue weighted by Crippen LogP contribution is -2.42. The van der Waals surface area contributed by atoms with Crippen LogP contribution in [-0.2, 0) is 4.79 Å². The molecule has 0 unspecified atom stereocenters. The highest BCUT2D eigenvalue weighted by Gasteiger charge is 2.23. The molecule has 1 saturated heterocycles. The van der Waals surface area contributed by atoms with E-state index in [1.807, 2.05) is 19.2 Å². The Kier molecular flexibility index (Phi) is 9.38. The average molecular weight is 497 g/mol. The standard InChI is InChI=1S/C26H36N6O2S/c1-18-13-23(34-6)14-19(2)25(18)35-31(5)10-9-24(33)29-21-15-20(16-27)26(28-17-21)32-11-7-22(8-12-32)30(3)4/h13-15,17,22H,7-12H2,1-6H3,(H,29,33). The molecule has 1 aromatic heterocycles. The first-order valence-electron chi connectivity index (χ1n) is 11.9. The number of nitrogens with one attached hydrogen (secondary N) is 1. The van der Waals surface area contributed by atoms with Crippen molar-refractivity contribution in [3.8, 4) is 11.8 Å². The maximum atomic E-state index is 12.6. The Morgan fingerprint density at radius 2 is 1.89 bits per heavy atom. The number of carbonyl (C=O) groups excluding carboxylic acids is 1. The van der Waals surface area contributed by atoms with Gasteiger partial charge in [-0.3, -0.25) is 4.79 Å². The molecule has 188 valence electrons. The summed E-state index contributed by atoms with van der Waals surface area (Å²) in [4.78, 5) is 22.7. The van der Waals surface area contributed by atoms with Crippen LogP contribution < -0.4 is 15.0 Å². The number of pyridine rings is 1. The second-order valence-electron chi connectivity index (χ2n) is 9.22. The van der Waals surface area contributed by atoms with Crippen LogP contribution in [0.15, 0.2) is 29.3 Å². The van der Waals surface area contributed by atoms with E-state index < -0.39 is 0 Å². The molecular weight excluding hydrogens is 460 g/mol. The van der Waals surface area contributed by atoms with Gasteiger partial charge < -0.3 is 19.9 Å². The highest BCUT2D eigenvalue weighted by molar-refractivity contribution is 7.97. The van der Waals surface area contributed by atoms with Crippen LogP contribution >= 0.6 is 11.9 Å². The molecule has 0 bridgehead atoms. The zero-order valence-corrected chi connectivity index (χ0v) is 22.4. The fraction of sp³-hybridized carbons (Fsp3) is 0.500. The van der Waals surface area contributed by atoms with E-state index in [-0.39, 0.29) is 5.91 Å². The number of rotatable bonds is 9. The first kappa shape index (κ1) is 26.8. The average Bonchev–Trinajstić information content (AvgIpc) is 2.84. The molecule has 35 heavy (non-hydrogen) atoms. The van der Waals surface area contributed by atoms with Crippen LogP contribution in [-0.4, -0.2) is 74.0 Å². The Bertz CT molecular complexity index is 1050. The van der Waals surface area contributed by atoms with E-state index >= 15 is 0 Å². The monoisotopic (exact) mass is 496 g/mol. The molecule has 0 saturated carbocycles. The van der Waals surface area contributed by atoms with Crippen molar-refractivity contribution in [2.75, 3.05) is 58.1 Å². The summed E-state index contributed by atoms with van der Waals surface area (Å²) in [6.07, 6.45) is 4.06. The Morgan fingerprint density at radius 1 is 1.23 bits per heavy atom. The van der Waals surface area contributed by atoms with Crippen LogP contribution in [0.5, 0.6) is 5.75 Å². The number of aromatic nitrogens is 1. The van der Waals surface area contributed by atoms with E-state index in [0.717, 1.165) is 42.8 Å². The second-order valence-corrected chi connectivity index (χ2v) is 10.4. The smallest absolute Gasteiger partial charge is 0.225 e. The molecular formula is C26H36N6O2S. The van der Waals surface area contributed by atoms with Crippen molar-refractivity contribution in [1.29, 1.82) is 5.26 Å². The largest absolute Gasteiger partial charge is 0.497 e. The lowest BCUT2D eigenvalue weighted by Gasteiger charge is -2.36. The Hall–Kier alpha value is -2.80. The molecule has 1 fully saturated rings.